The van der Waals surface area contributed by atoms with Gasteiger partial charge in [0.05, 0.1) is 36.1 Å². The first-order valence-corrected chi connectivity index (χ1v) is 8.05. The summed E-state index contributed by atoms with van der Waals surface area (Å²) >= 11 is 0. The SMILES string of the molecule is Cn1cc2c(n1)CC[C@H](C1c3ccccc3-c3cncn31)[C@@H]2O. The molecule has 0 radical (unpaired) electrons. The molecule has 5 nitrogen and oxygen atoms in total. The van der Waals surface area contributed by atoms with Crippen molar-refractivity contribution in [2.24, 2.45) is 13.0 Å². The van der Waals surface area contributed by atoms with Crippen LogP contribution in [0.25, 0.3) is 11.3 Å². The molecule has 0 bridgehead atoms. The molecule has 3 atom stereocenters. The maximum absolute atomic E-state index is 11.0. The number of aliphatic hydroxyl groups is 1. The van der Waals surface area contributed by atoms with Crippen molar-refractivity contribution in [1.82, 2.24) is 19.3 Å². The number of fused-ring (bicyclic) bond motifs is 4. The Hall–Kier alpha value is -2.40. The average Bonchev–Trinajstić information content (AvgIpc) is 3.22. The molecule has 0 saturated carbocycles. The Labute approximate surface area is 134 Å². The molecule has 1 N–H and O–H groups in total. The Bertz CT molecular complexity index is 894. The van der Waals surface area contributed by atoms with Gasteiger partial charge in [-0.1, -0.05) is 24.3 Å². The number of rotatable bonds is 1. The van der Waals surface area contributed by atoms with Gasteiger partial charge in [0.25, 0.3) is 0 Å². The van der Waals surface area contributed by atoms with E-state index in [2.05, 4.69) is 38.9 Å². The smallest absolute Gasteiger partial charge is 0.0956 e. The van der Waals surface area contributed by atoms with E-state index in [4.69, 9.17) is 0 Å². The molecular weight excluding hydrogens is 288 g/mol. The van der Waals surface area contributed by atoms with Crippen molar-refractivity contribution in [3.05, 3.63) is 59.8 Å². The van der Waals surface area contributed by atoms with E-state index in [9.17, 15) is 5.11 Å². The summed E-state index contributed by atoms with van der Waals surface area (Å²) < 4.78 is 4.03. The van der Waals surface area contributed by atoms with Crippen LogP contribution in [-0.2, 0) is 13.5 Å². The minimum Gasteiger partial charge on any atom is -0.388 e. The number of hydrogen-bond donors (Lipinski definition) is 1. The van der Waals surface area contributed by atoms with Crippen molar-refractivity contribution in [3.63, 3.8) is 0 Å². The molecule has 0 amide bonds. The van der Waals surface area contributed by atoms with Gasteiger partial charge in [0.2, 0.25) is 0 Å². The molecule has 23 heavy (non-hydrogen) atoms. The van der Waals surface area contributed by atoms with Crippen LogP contribution in [0.4, 0.5) is 0 Å². The first-order chi connectivity index (χ1) is 11.2. The minimum absolute atomic E-state index is 0.142. The molecule has 0 fully saturated rings. The number of benzene rings is 1. The fourth-order valence-electron chi connectivity index (χ4n) is 4.33. The molecule has 1 aromatic carbocycles. The summed E-state index contributed by atoms with van der Waals surface area (Å²) in [5.41, 5.74) is 5.69. The lowest BCUT2D eigenvalue weighted by Gasteiger charge is -2.33. The summed E-state index contributed by atoms with van der Waals surface area (Å²) in [6.07, 6.45) is 7.14. The number of aromatic nitrogens is 4. The first kappa shape index (κ1) is 13.1. The Morgan fingerprint density at radius 2 is 2.09 bits per heavy atom. The number of hydrogen-bond acceptors (Lipinski definition) is 3. The molecule has 5 rings (SSSR count). The molecular formula is C18H18N4O. The maximum atomic E-state index is 11.0. The number of aliphatic hydroxyl groups excluding tert-OH is 1. The van der Waals surface area contributed by atoms with E-state index in [0.717, 1.165) is 29.8 Å². The van der Waals surface area contributed by atoms with Crippen molar-refractivity contribution in [2.75, 3.05) is 0 Å². The van der Waals surface area contributed by atoms with Crippen LogP contribution in [0.2, 0.25) is 0 Å². The highest BCUT2D eigenvalue weighted by atomic mass is 16.3. The van der Waals surface area contributed by atoms with Crippen LogP contribution in [0.5, 0.6) is 0 Å². The third-order valence-corrected chi connectivity index (χ3v) is 5.30. The second-order valence-electron chi connectivity index (χ2n) is 6.57. The molecule has 2 aromatic heterocycles. The Morgan fingerprint density at radius 1 is 1.22 bits per heavy atom. The van der Waals surface area contributed by atoms with Gasteiger partial charge in [-0.25, -0.2) is 4.98 Å². The lowest BCUT2D eigenvalue weighted by molar-refractivity contribution is 0.0718. The highest BCUT2D eigenvalue weighted by Crippen LogP contribution is 2.49. The maximum Gasteiger partial charge on any atom is 0.0956 e. The lowest BCUT2D eigenvalue weighted by Crippen LogP contribution is -2.28. The Balaban J connectivity index is 1.63. The topological polar surface area (TPSA) is 55.9 Å². The fraction of sp³-hybridized carbons (Fsp3) is 0.333. The van der Waals surface area contributed by atoms with Crippen LogP contribution in [0.3, 0.4) is 0 Å². The fourth-order valence-corrected chi connectivity index (χ4v) is 4.33. The van der Waals surface area contributed by atoms with Gasteiger partial charge < -0.3 is 9.67 Å². The Morgan fingerprint density at radius 3 is 3.00 bits per heavy atom. The van der Waals surface area contributed by atoms with Gasteiger partial charge in [0.1, 0.15) is 0 Å². The van der Waals surface area contributed by atoms with Gasteiger partial charge in [0.15, 0.2) is 0 Å². The van der Waals surface area contributed by atoms with Gasteiger partial charge in [-0.2, -0.15) is 5.10 Å². The predicted octanol–water partition coefficient (Wildman–Crippen LogP) is 2.48. The second kappa shape index (κ2) is 4.55. The van der Waals surface area contributed by atoms with Gasteiger partial charge >= 0.3 is 0 Å². The molecule has 1 unspecified atom stereocenters. The molecule has 3 heterocycles. The van der Waals surface area contributed by atoms with Crippen LogP contribution in [0, 0.1) is 5.92 Å². The zero-order valence-corrected chi connectivity index (χ0v) is 12.9. The second-order valence-corrected chi connectivity index (χ2v) is 6.57. The summed E-state index contributed by atoms with van der Waals surface area (Å²) in [6, 6.07) is 8.62. The molecule has 0 saturated heterocycles. The quantitative estimate of drug-likeness (QED) is 0.751. The van der Waals surface area contributed by atoms with Crippen LogP contribution in [0.1, 0.15) is 35.4 Å². The largest absolute Gasteiger partial charge is 0.388 e. The van der Waals surface area contributed by atoms with Gasteiger partial charge in [-0.3, -0.25) is 4.68 Å². The van der Waals surface area contributed by atoms with Gasteiger partial charge in [-0.15, -0.1) is 0 Å². The van der Waals surface area contributed by atoms with Crippen LogP contribution in [-0.4, -0.2) is 24.4 Å². The Kier molecular flexibility index (Phi) is 2.59. The molecule has 3 aromatic rings. The van der Waals surface area contributed by atoms with E-state index in [-0.39, 0.29) is 12.0 Å². The van der Waals surface area contributed by atoms with Gasteiger partial charge in [-0.05, 0) is 18.4 Å². The van der Waals surface area contributed by atoms with Gasteiger partial charge in [0, 0.05) is 30.3 Å². The normalized spacial score (nSPS) is 25.0. The van der Waals surface area contributed by atoms with E-state index < -0.39 is 6.10 Å². The summed E-state index contributed by atoms with van der Waals surface area (Å²) in [7, 11) is 1.92. The van der Waals surface area contributed by atoms with Crippen LogP contribution < -0.4 is 0 Å². The summed E-state index contributed by atoms with van der Waals surface area (Å²) in [5.74, 6) is 0.142. The lowest BCUT2D eigenvalue weighted by atomic mass is 9.78. The summed E-state index contributed by atoms with van der Waals surface area (Å²) in [5, 5.41) is 15.5. The van der Waals surface area contributed by atoms with Crippen molar-refractivity contribution in [1.29, 1.82) is 0 Å². The monoisotopic (exact) mass is 306 g/mol. The summed E-state index contributed by atoms with van der Waals surface area (Å²) in [4.78, 5) is 4.33. The van der Waals surface area contributed by atoms with E-state index in [0.29, 0.717) is 0 Å². The number of nitrogens with zero attached hydrogens (tertiary/aromatic N) is 4. The van der Waals surface area contributed by atoms with Crippen LogP contribution in [0.15, 0.2) is 43.0 Å². The van der Waals surface area contributed by atoms with Crippen molar-refractivity contribution >= 4 is 0 Å². The molecule has 1 aliphatic heterocycles. The molecule has 5 heteroatoms. The molecule has 1 aliphatic carbocycles. The van der Waals surface area contributed by atoms with Crippen molar-refractivity contribution in [3.8, 4) is 11.3 Å². The third kappa shape index (κ3) is 1.71. The van der Waals surface area contributed by atoms with Crippen molar-refractivity contribution in [2.45, 2.75) is 25.0 Å². The molecule has 2 aliphatic rings. The van der Waals surface area contributed by atoms with E-state index in [1.165, 1.54) is 11.1 Å². The molecule has 116 valence electrons. The first-order valence-electron chi connectivity index (χ1n) is 8.05. The number of aryl methyl sites for hydroxylation is 2. The number of imidazole rings is 1. The van der Waals surface area contributed by atoms with Crippen LogP contribution >= 0.6 is 0 Å². The predicted molar refractivity (Wildman–Crippen MR) is 85.8 cm³/mol. The highest BCUT2D eigenvalue weighted by molar-refractivity contribution is 5.69. The minimum atomic E-state index is -0.487. The zero-order valence-electron chi connectivity index (χ0n) is 12.9. The highest BCUT2D eigenvalue weighted by Gasteiger charge is 2.41. The van der Waals surface area contributed by atoms with E-state index >= 15 is 0 Å². The third-order valence-electron chi connectivity index (χ3n) is 5.30. The van der Waals surface area contributed by atoms with Crippen molar-refractivity contribution < 1.29 is 5.11 Å². The average molecular weight is 306 g/mol. The van der Waals surface area contributed by atoms with E-state index in [1.807, 2.05) is 30.5 Å². The van der Waals surface area contributed by atoms with E-state index in [1.54, 1.807) is 0 Å². The zero-order chi connectivity index (χ0) is 15.6. The molecule has 0 spiro atoms. The summed E-state index contributed by atoms with van der Waals surface area (Å²) in [6.45, 7) is 0. The standard InChI is InChI=1S/C18H18N4O/c1-21-9-14-15(20-21)7-6-13(18(14)23)17-12-5-3-2-4-11(12)16-8-19-10-22(16)17/h2-5,8-10,13,17-18,23H,6-7H2,1H3/t13-,17?,18+/m1/s1.